The van der Waals surface area contributed by atoms with Crippen molar-refractivity contribution in [3.05, 3.63) is 12.3 Å². The van der Waals surface area contributed by atoms with E-state index >= 15 is 0 Å². The van der Waals surface area contributed by atoms with E-state index in [1.54, 1.807) is 27.7 Å². The number of carbonyl (C=O) groups excluding carboxylic acids is 4. The first kappa shape index (κ1) is 21.5. The molecule has 1 saturated heterocycles. The second-order valence-corrected chi connectivity index (χ2v) is 6.59. The summed E-state index contributed by atoms with van der Waals surface area (Å²) in [6, 6.07) is -0.755. The smallest absolute Gasteiger partial charge is 0.408 e. The van der Waals surface area contributed by atoms with Crippen molar-refractivity contribution in [1.29, 1.82) is 0 Å². The molecule has 1 heterocycles. The number of hydrogen-bond acceptors (Lipinski definition) is 7. The van der Waals surface area contributed by atoms with E-state index in [2.05, 4.69) is 10.1 Å². The molecular formula is C17H26N2O7. The predicted molar refractivity (Wildman–Crippen MR) is 90.8 cm³/mol. The van der Waals surface area contributed by atoms with Crippen LogP contribution in [0, 0.1) is 0 Å². The molecule has 146 valence electrons. The van der Waals surface area contributed by atoms with Gasteiger partial charge in [0.1, 0.15) is 24.4 Å². The van der Waals surface area contributed by atoms with Gasteiger partial charge in [-0.1, -0.05) is 0 Å². The first-order chi connectivity index (χ1) is 12.1. The number of esters is 2. The summed E-state index contributed by atoms with van der Waals surface area (Å²) in [4.78, 5) is 48.4. The maximum absolute atomic E-state index is 12.3. The molecule has 0 bridgehead atoms. The monoisotopic (exact) mass is 370 g/mol. The van der Waals surface area contributed by atoms with E-state index in [-0.39, 0.29) is 13.2 Å². The van der Waals surface area contributed by atoms with Crippen molar-refractivity contribution in [3.63, 3.8) is 0 Å². The average molecular weight is 370 g/mol. The van der Waals surface area contributed by atoms with Gasteiger partial charge in [0.15, 0.2) is 0 Å². The number of nitrogens with one attached hydrogen (secondary N) is 1. The van der Waals surface area contributed by atoms with Crippen molar-refractivity contribution >= 4 is 23.9 Å². The Morgan fingerprint density at radius 1 is 1.23 bits per heavy atom. The van der Waals surface area contributed by atoms with Gasteiger partial charge in [-0.3, -0.25) is 4.79 Å². The van der Waals surface area contributed by atoms with Crippen LogP contribution in [0.25, 0.3) is 0 Å². The molecule has 0 unspecified atom stereocenters. The minimum atomic E-state index is -0.755. The molecule has 1 fully saturated rings. The fourth-order valence-corrected chi connectivity index (χ4v) is 2.30. The van der Waals surface area contributed by atoms with E-state index in [9.17, 15) is 19.2 Å². The molecule has 1 aliphatic heterocycles. The van der Waals surface area contributed by atoms with Gasteiger partial charge >= 0.3 is 18.0 Å². The first-order valence-electron chi connectivity index (χ1n) is 8.44. The largest absolute Gasteiger partial charge is 0.463 e. The maximum Gasteiger partial charge on any atom is 0.408 e. The molecule has 9 nitrogen and oxygen atoms in total. The van der Waals surface area contributed by atoms with Gasteiger partial charge in [-0.05, 0) is 40.5 Å². The van der Waals surface area contributed by atoms with Gasteiger partial charge in [0.05, 0.1) is 12.7 Å². The minimum Gasteiger partial charge on any atom is -0.463 e. The van der Waals surface area contributed by atoms with E-state index in [0.717, 1.165) is 12.3 Å². The third-order valence-electron chi connectivity index (χ3n) is 3.30. The summed E-state index contributed by atoms with van der Waals surface area (Å²) in [5, 5.41) is 2.37. The number of carbonyl (C=O) groups is 4. The van der Waals surface area contributed by atoms with Crippen LogP contribution in [0.4, 0.5) is 4.79 Å². The van der Waals surface area contributed by atoms with E-state index in [0.29, 0.717) is 19.4 Å². The zero-order valence-electron chi connectivity index (χ0n) is 15.6. The Balaban J connectivity index is 2.50. The second-order valence-electron chi connectivity index (χ2n) is 6.59. The highest BCUT2D eigenvalue weighted by molar-refractivity contribution is 5.88. The van der Waals surface area contributed by atoms with Crippen molar-refractivity contribution < 1.29 is 33.4 Å². The number of likely N-dealkylation sites (tertiary alicyclic amines) is 1. The molecule has 0 aliphatic carbocycles. The number of rotatable bonds is 6. The van der Waals surface area contributed by atoms with E-state index < -0.39 is 35.6 Å². The molecule has 1 aliphatic rings. The Kier molecular flexibility index (Phi) is 8.08. The number of ether oxygens (including phenoxy) is 3. The lowest BCUT2D eigenvalue weighted by Gasteiger charge is -2.23. The molecule has 0 radical (unpaired) electrons. The molecule has 1 atom stereocenters. The van der Waals surface area contributed by atoms with Gasteiger partial charge in [-0.25, -0.2) is 14.4 Å². The molecule has 1 rings (SSSR count). The van der Waals surface area contributed by atoms with Crippen LogP contribution >= 0.6 is 0 Å². The van der Waals surface area contributed by atoms with Crippen molar-refractivity contribution in [1.82, 2.24) is 10.2 Å². The fourth-order valence-electron chi connectivity index (χ4n) is 2.30. The van der Waals surface area contributed by atoms with Gasteiger partial charge in [-0.15, -0.1) is 0 Å². The highest BCUT2D eigenvalue weighted by Crippen LogP contribution is 2.18. The lowest BCUT2D eigenvalue weighted by molar-refractivity contribution is -0.148. The lowest BCUT2D eigenvalue weighted by Crippen LogP contribution is -2.46. The Morgan fingerprint density at radius 3 is 2.54 bits per heavy atom. The van der Waals surface area contributed by atoms with Crippen molar-refractivity contribution in [2.75, 3.05) is 19.7 Å². The molecule has 0 saturated carbocycles. The average Bonchev–Trinajstić information content (AvgIpc) is 3.01. The fraction of sp³-hybridized carbons (Fsp3) is 0.647. The van der Waals surface area contributed by atoms with Crippen LogP contribution < -0.4 is 5.32 Å². The third-order valence-corrected chi connectivity index (χ3v) is 3.30. The van der Waals surface area contributed by atoms with Crippen LogP contribution in [0.1, 0.15) is 40.5 Å². The molecule has 1 N–H and O–H groups in total. The van der Waals surface area contributed by atoms with Crippen LogP contribution in [0.15, 0.2) is 12.3 Å². The summed E-state index contributed by atoms with van der Waals surface area (Å²) >= 11 is 0. The van der Waals surface area contributed by atoms with Gasteiger partial charge in [0.2, 0.25) is 5.91 Å². The van der Waals surface area contributed by atoms with Gasteiger partial charge < -0.3 is 24.4 Å². The quantitative estimate of drug-likeness (QED) is 0.323. The number of nitrogens with zero attached hydrogens (tertiary/aromatic N) is 1. The molecule has 2 amide bonds. The zero-order chi connectivity index (χ0) is 19.7. The van der Waals surface area contributed by atoms with Crippen LogP contribution in [-0.2, 0) is 28.6 Å². The number of alkyl carbamates (subject to hydrolysis) is 1. The highest BCUT2D eigenvalue weighted by atomic mass is 16.6. The Bertz CT molecular complexity index is 566. The molecule has 9 heteroatoms. The lowest BCUT2D eigenvalue weighted by atomic mass is 10.2. The normalized spacial score (nSPS) is 17.1. The first-order valence-corrected chi connectivity index (χ1v) is 8.44. The summed E-state index contributed by atoms with van der Waals surface area (Å²) in [6.07, 6.45) is 2.32. The van der Waals surface area contributed by atoms with Crippen LogP contribution in [0.5, 0.6) is 0 Å². The number of amides is 2. The van der Waals surface area contributed by atoms with E-state index in [4.69, 9.17) is 9.47 Å². The Hall–Kier alpha value is -2.58. The molecule has 0 aromatic carbocycles. The number of hydrogen-bond donors (Lipinski definition) is 1. The van der Waals surface area contributed by atoms with Crippen molar-refractivity contribution in [2.24, 2.45) is 0 Å². The minimum absolute atomic E-state index is 0.215. The maximum atomic E-state index is 12.3. The predicted octanol–water partition coefficient (Wildman–Crippen LogP) is 1.12. The van der Waals surface area contributed by atoms with Gasteiger partial charge in [-0.2, -0.15) is 0 Å². The Morgan fingerprint density at radius 2 is 1.92 bits per heavy atom. The molecule has 0 aromatic heterocycles. The van der Waals surface area contributed by atoms with Gasteiger partial charge in [0.25, 0.3) is 0 Å². The van der Waals surface area contributed by atoms with Gasteiger partial charge in [0, 0.05) is 6.54 Å². The summed E-state index contributed by atoms with van der Waals surface area (Å²) in [5.41, 5.74) is -0.668. The third kappa shape index (κ3) is 7.54. The molecule has 0 aromatic rings. The second kappa shape index (κ2) is 9.79. The molecular weight excluding hydrogens is 344 g/mol. The SMILES string of the molecule is CCOC(=O)/C=C/OC(=O)[C@@H]1CCCN1C(=O)CNC(=O)OC(C)(C)C. The molecule has 26 heavy (non-hydrogen) atoms. The highest BCUT2D eigenvalue weighted by Gasteiger charge is 2.35. The summed E-state index contributed by atoms with van der Waals surface area (Å²) in [5.74, 6) is -1.68. The summed E-state index contributed by atoms with van der Waals surface area (Å²) in [7, 11) is 0. The van der Waals surface area contributed by atoms with E-state index in [1.165, 1.54) is 4.90 Å². The summed E-state index contributed by atoms with van der Waals surface area (Å²) < 4.78 is 14.6. The van der Waals surface area contributed by atoms with Crippen LogP contribution in [-0.4, -0.2) is 60.2 Å². The van der Waals surface area contributed by atoms with E-state index in [1.807, 2.05) is 0 Å². The van der Waals surface area contributed by atoms with Crippen molar-refractivity contribution in [2.45, 2.75) is 52.2 Å². The Labute approximate surface area is 152 Å². The zero-order valence-corrected chi connectivity index (χ0v) is 15.6. The topological polar surface area (TPSA) is 111 Å². The van der Waals surface area contributed by atoms with Crippen LogP contribution in [0.3, 0.4) is 0 Å². The van der Waals surface area contributed by atoms with Crippen LogP contribution in [0.2, 0.25) is 0 Å². The standard InChI is InChI=1S/C17H26N2O7/c1-5-24-14(21)8-10-25-15(22)12-7-6-9-19(12)13(20)11-18-16(23)26-17(2,3)4/h8,10,12H,5-7,9,11H2,1-4H3,(H,18,23)/b10-8+/t12-/m0/s1. The summed E-state index contributed by atoms with van der Waals surface area (Å²) in [6.45, 7) is 7.12. The van der Waals surface area contributed by atoms with Crippen molar-refractivity contribution in [3.8, 4) is 0 Å². The molecule has 0 spiro atoms.